The lowest BCUT2D eigenvalue weighted by molar-refractivity contribution is -0.118. The van der Waals surface area contributed by atoms with Crippen molar-refractivity contribution in [1.29, 1.82) is 0 Å². The Labute approximate surface area is 172 Å². The van der Waals surface area contributed by atoms with Crippen LogP contribution in [0, 0.1) is 0 Å². The number of nitrogens with one attached hydrogen (secondary N) is 1. The zero-order chi connectivity index (χ0) is 21.1. The molecular formula is C19H22N8O3. The number of morpholine rings is 1. The predicted molar refractivity (Wildman–Crippen MR) is 112 cm³/mol. The monoisotopic (exact) mass is 410 g/mol. The summed E-state index contributed by atoms with van der Waals surface area (Å²) < 4.78 is 5.41. The summed E-state index contributed by atoms with van der Waals surface area (Å²) in [4.78, 5) is 31.6. The molecule has 0 unspecified atom stereocenters. The van der Waals surface area contributed by atoms with E-state index in [1.165, 1.54) is 0 Å². The third kappa shape index (κ3) is 4.13. The molecule has 0 saturated carbocycles. The summed E-state index contributed by atoms with van der Waals surface area (Å²) in [6, 6.07) is 6.10. The molecule has 11 nitrogen and oxygen atoms in total. The van der Waals surface area contributed by atoms with Crippen LogP contribution in [0.4, 0.5) is 17.5 Å². The predicted octanol–water partition coefficient (Wildman–Crippen LogP) is -0.236. The van der Waals surface area contributed by atoms with Gasteiger partial charge in [-0.05, 0) is 12.1 Å². The molecule has 0 bridgehead atoms. The summed E-state index contributed by atoms with van der Waals surface area (Å²) in [5.41, 5.74) is 14.4. The summed E-state index contributed by atoms with van der Waals surface area (Å²) in [5, 5.41) is 11.6. The van der Waals surface area contributed by atoms with E-state index in [2.05, 4.69) is 25.2 Å². The maximum absolute atomic E-state index is 11.8. The Morgan fingerprint density at radius 3 is 2.63 bits per heavy atom. The number of fused-ring (bicyclic) bond motifs is 1. The minimum atomic E-state index is -0.970. The van der Waals surface area contributed by atoms with E-state index in [-0.39, 0.29) is 5.95 Å². The van der Waals surface area contributed by atoms with Crippen molar-refractivity contribution < 1.29 is 14.6 Å². The Morgan fingerprint density at radius 2 is 1.93 bits per heavy atom. The van der Waals surface area contributed by atoms with Crippen molar-refractivity contribution in [2.75, 3.05) is 48.9 Å². The molecule has 0 spiro atoms. The number of aliphatic hydroxyl groups excluding tert-OH is 1. The first-order chi connectivity index (χ1) is 14.5. The van der Waals surface area contributed by atoms with Gasteiger partial charge in [0.25, 0.3) is 0 Å². The fraction of sp³-hybridized carbons (Fsp3) is 0.316. The van der Waals surface area contributed by atoms with Crippen LogP contribution in [0.5, 0.6) is 0 Å². The SMILES string of the molecule is Nc1nc(N2CCOCC2)c2nc(-c3ccc(NC(=O)[C@@H](N)CO)cc3)cnc2n1. The minimum Gasteiger partial charge on any atom is -0.394 e. The molecule has 30 heavy (non-hydrogen) atoms. The topological polar surface area (TPSA) is 165 Å². The molecule has 3 aromatic rings. The Balaban J connectivity index is 1.64. The van der Waals surface area contributed by atoms with Gasteiger partial charge in [0, 0.05) is 24.3 Å². The lowest BCUT2D eigenvalue weighted by Crippen LogP contribution is -2.38. The van der Waals surface area contributed by atoms with E-state index in [9.17, 15) is 4.79 Å². The van der Waals surface area contributed by atoms with Gasteiger partial charge < -0.3 is 31.5 Å². The zero-order valence-corrected chi connectivity index (χ0v) is 16.2. The lowest BCUT2D eigenvalue weighted by Gasteiger charge is -2.28. The first-order valence-corrected chi connectivity index (χ1v) is 9.46. The van der Waals surface area contributed by atoms with Gasteiger partial charge in [-0.15, -0.1) is 0 Å². The molecule has 4 rings (SSSR count). The fourth-order valence-corrected chi connectivity index (χ4v) is 3.09. The summed E-state index contributed by atoms with van der Waals surface area (Å²) in [7, 11) is 0. The zero-order valence-electron chi connectivity index (χ0n) is 16.2. The van der Waals surface area contributed by atoms with E-state index in [0.717, 1.165) is 5.56 Å². The Bertz CT molecular complexity index is 1050. The highest BCUT2D eigenvalue weighted by Crippen LogP contribution is 2.26. The standard InChI is InChI=1S/C19H22N8O3/c20-13(10-28)18(29)23-12-3-1-11(2-4-12)14-9-22-16-15(24-14)17(26-19(21)25-16)27-5-7-30-8-6-27/h1-4,9,13,28H,5-8,10,20H2,(H,23,29)(H2,21,22,25,26)/t13-/m0/s1. The number of ether oxygens (including phenoxy) is 1. The number of hydrogen-bond donors (Lipinski definition) is 4. The smallest absolute Gasteiger partial charge is 0.243 e. The van der Waals surface area contributed by atoms with Crippen molar-refractivity contribution in [3.63, 3.8) is 0 Å². The Kier molecular flexibility index (Phi) is 5.65. The van der Waals surface area contributed by atoms with E-state index in [4.69, 9.17) is 26.3 Å². The molecule has 2 aromatic heterocycles. The van der Waals surface area contributed by atoms with Crippen molar-refractivity contribution >= 4 is 34.5 Å². The van der Waals surface area contributed by atoms with Crippen LogP contribution in [-0.2, 0) is 9.53 Å². The molecule has 1 aromatic carbocycles. The van der Waals surface area contributed by atoms with Crippen molar-refractivity contribution in [2.24, 2.45) is 5.73 Å². The summed E-state index contributed by atoms with van der Waals surface area (Å²) in [6.45, 7) is 2.15. The summed E-state index contributed by atoms with van der Waals surface area (Å²) >= 11 is 0. The molecule has 0 radical (unpaired) electrons. The van der Waals surface area contributed by atoms with Crippen LogP contribution in [0.1, 0.15) is 0 Å². The highest BCUT2D eigenvalue weighted by atomic mass is 16.5. The third-order valence-corrected chi connectivity index (χ3v) is 4.70. The quantitative estimate of drug-likeness (QED) is 0.441. The van der Waals surface area contributed by atoms with Crippen molar-refractivity contribution in [1.82, 2.24) is 19.9 Å². The van der Waals surface area contributed by atoms with Crippen molar-refractivity contribution in [2.45, 2.75) is 6.04 Å². The van der Waals surface area contributed by atoms with Gasteiger partial charge in [0.1, 0.15) is 6.04 Å². The fourth-order valence-electron chi connectivity index (χ4n) is 3.09. The van der Waals surface area contributed by atoms with Gasteiger partial charge in [-0.1, -0.05) is 12.1 Å². The average Bonchev–Trinajstić information content (AvgIpc) is 2.78. The Morgan fingerprint density at radius 1 is 1.20 bits per heavy atom. The molecule has 156 valence electrons. The normalized spacial score (nSPS) is 15.2. The highest BCUT2D eigenvalue weighted by Gasteiger charge is 2.19. The van der Waals surface area contributed by atoms with Crippen molar-refractivity contribution in [3.8, 4) is 11.3 Å². The highest BCUT2D eigenvalue weighted by molar-refractivity contribution is 5.95. The summed E-state index contributed by atoms with van der Waals surface area (Å²) in [6.07, 6.45) is 1.62. The number of anilines is 3. The number of benzene rings is 1. The number of aromatic nitrogens is 4. The molecule has 1 atom stereocenters. The van der Waals surface area contributed by atoms with Gasteiger partial charge in [0.15, 0.2) is 17.0 Å². The molecule has 1 aliphatic rings. The van der Waals surface area contributed by atoms with Crippen LogP contribution < -0.4 is 21.7 Å². The first kappa shape index (κ1) is 19.9. The van der Waals surface area contributed by atoms with E-state index < -0.39 is 18.6 Å². The number of carbonyl (C=O) groups is 1. The number of aliphatic hydroxyl groups is 1. The molecule has 6 N–H and O–H groups in total. The maximum atomic E-state index is 11.8. The van der Waals surface area contributed by atoms with Crippen molar-refractivity contribution in [3.05, 3.63) is 30.5 Å². The maximum Gasteiger partial charge on any atom is 0.243 e. The molecule has 1 saturated heterocycles. The van der Waals surface area contributed by atoms with Crippen LogP contribution in [0.2, 0.25) is 0 Å². The van der Waals surface area contributed by atoms with E-state index in [0.29, 0.717) is 54.7 Å². The van der Waals surface area contributed by atoms with E-state index >= 15 is 0 Å². The molecule has 3 heterocycles. The van der Waals surface area contributed by atoms with Gasteiger partial charge in [0.05, 0.1) is 31.7 Å². The number of hydrogen-bond acceptors (Lipinski definition) is 10. The molecule has 1 amide bonds. The van der Waals surface area contributed by atoms with Crippen LogP contribution in [0.25, 0.3) is 22.4 Å². The van der Waals surface area contributed by atoms with Gasteiger partial charge >= 0.3 is 0 Å². The lowest BCUT2D eigenvalue weighted by atomic mass is 10.1. The summed E-state index contributed by atoms with van der Waals surface area (Å²) in [5.74, 6) is 0.324. The number of amides is 1. The number of nitrogens with two attached hydrogens (primary N) is 2. The van der Waals surface area contributed by atoms with Gasteiger partial charge in [-0.3, -0.25) is 4.79 Å². The molecule has 1 fully saturated rings. The molecule has 11 heteroatoms. The second kappa shape index (κ2) is 8.53. The van der Waals surface area contributed by atoms with Crippen LogP contribution in [0.3, 0.4) is 0 Å². The second-order valence-electron chi connectivity index (χ2n) is 6.79. The molecule has 0 aliphatic carbocycles. The van der Waals surface area contributed by atoms with Crippen LogP contribution >= 0.6 is 0 Å². The van der Waals surface area contributed by atoms with Gasteiger partial charge in [0.2, 0.25) is 11.9 Å². The number of rotatable bonds is 5. The minimum absolute atomic E-state index is 0.146. The number of carbonyl (C=O) groups excluding carboxylic acids is 1. The van der Waals surface area contributed by atoms with E-state index in [1.807, 2.05) is 12.1 Å². The van der Waals surface area contributed by atoms with Crippen LogP contribution in [-0.4, -0.2) is 69.9 Å². The Hall–Kier alpha value is -3.41. The number of nitrogens with zero attached hydrogens (tertiary/aromatic N) is 5. The largest absolute Gasteiger partial charge is 0.394 e. The van der Waals surface area contributed by atoms with E-state index in [1.54, 1.807) is 18.3 Å². The molecular weight excluding hydrogens is 388 g/mol. The number of nitrogen functional groups attached to an aromatic ring is 1. The van der Waals surface area contributed by atoms with Crippen LogP contribution in [0.15, 0.2) is 30.5 Å². The molecule has 1 aliphatic heterocycles. The second-order valence-corrected chi connectivity index (χ2v) is 6.79. The average molecular weight is 410 g/mol. The van der Waals surface area contributed by atoms with Gasteiger partial charge in [-0.25, -0.2) is 9.97 Å². The third-order valence-electron chi connectivity index (χ3n) is 4.70. The van der Waals surface area contributed by atoms with Gasteiger partial charge in [-0.2, -0.15) is 9.97 Å². The first-order valence-electron chi connectivity index (χ1n) is 9.46.